The highest BCUT2D eigenvalue weighted by atomic mass is 32.1. The Morgan fingerprint density at radius 3 is 2.64 bits per heavy atom. The number of esters is 1. The number of fused-ring (bicyclic) bond motifs is 3. The molecule has 182 valence electrons. The minimum absolute atomic E-state index is 0.0946. The summed E-state index contributed by atoms with van der Waals surface area (Å²) in [6.45, 7) is 4.92. The van der Waals surface area contributed by atoms with Crippen LogP contribution in [0.4, 0.5) is 0 Å². The summed E-state index contributed by atoms with van der Waals surface area (Å²) in [7, 11) is 1.40. The second kappa shape index (κ2) is 8.79. The molecule has 5 nitrogen and oxygen atoms in total. The minimum atomic E-state index is -0.460. The Labute approximate surface area is 214 Å². The van der Waals surface area contributed by atoms with Crippen LogP contribution in [0.5, 0.6) is 0 Å². The number of hydrogen-bond acceptors (Lipinski definition) is 5. The number of methoxy groups -OCH3 is 1. The number of thiophene rings is 1. The van der Waals surface area contributed by atoms with Crippen molar-refractivity contribution in [1.82, 2.24) is 9.88 Å². The van der Waals surface area contributed by atoms with Crippen LogP contribution in [0.2, 0.25) is 0 Å². The lowest BCUT2D eigenvalue weighted by molar-refractivity contribution is -0.136. The van der Waals surface area contributed by atoms with E-state index >= 15 is 0 Å². The van der Waals surface area contributed by atoms with Gasteiger partial charge in [0.25, 0.3) is 0 Å². The number of dihydropyridines is 1. The predicted octanol–water partition coefficient (Wildman–Crippen LogP) is 6.41. The third-order valence-corrected chi connectivity index (χ3v) is 8.66. The van der Waals surface area contributed by atoms with E-state index in [0.29, 0.717) is 17.6 Å². The lowest BCUT2D eigenvalue weighted by Crippen LogP contribution is -2.35. The molecule has 0 saturated carbocycles. The number of ether oxygens (including phenoxy) is 1. The van der Waals surface area contributed by atoms with Crippen molar-refractivity contribution < 1.29 is 14.3 Å². The summed E-state index contributed by atoms with van der Waals surface area (Å²) >= 11 is 1.69. The van der Waals surface area contributed by atoms with E-state index < -0.39 is 11.9 Å². The number of carbonyl (C=O) groups is 2. The number of hydrogen-bond donors (Lipinski definition) is 1. The Balaban J connectivity index is 1.55. The van der Waals surface area contributed by atoms with Gasteiger partial charge in [-0.15, -0.1) is 11.3 Å². The number of aromatic nitrogens is 1. The van der Waals surface area contributed by atoms with Gasteiger partial charge in [-0.3, -0.25) is 4.79 Å². The highest BCUT2D eigenvalue weighted by molar-refractivity contribution is 7.10. The maximum absolute atomic E-state index is 13.7. The Morgan fingerprint density at radius 2 is 1.89 bits per heavy atom. The molecule has 6 rings (SSSR count). The molecule has 1 aliphatic heterocycles. The summed E-state index contributed by atoms with van der Waals surface area (Å²) in [4.78, 5) is 28.0. The molecule has 0 fully saturated rings. The van der Waals surface area contributed by atoms with E-state index in [4.69, 9.17) is 4.74 Å². The fraction of sp³-hybridized carbons (Fsp3) is 0.267. The molecular formula is C30H28N2O3S. The second-order valence-corrected chi connectivity index (χ2v) is 10.5. The van der Waals surface area contributed by atoms with E-state index in [9.17, 15) is 9.59 Å². The van der Waals surface area contributed by atoms with Crippen LogP contribution in [0, 0.1) is 0 Å². The minimum Gasteiger partial charge on any atom is -0.466 e. The van der Waals surface area contributed by atoms with Gasteiger partial charge < -0.3 is 14.6 Å². The van der Waals surface area contributed by atoms with Gasteiger partial charge in [0.1, 0.15) is 0 Å². The summed E-state index contributed by atoms with van der Waals surface area (Å²) in [5.74, 6) is -0.613. The van der Waals surface area contributed by atoms with Gasteiger partial charge in [-0.05, 0) is 55.5 Å². The normalized spacial score (nSPS) is 20.1. The van der Waals surface area contributed by atoms with Crippen molar-refractivity contribution in [3.8, 4) is 0 Å². The Hall–Kier alpha value is -3.64. The smallest absolute Gasteiger partial charge is 0.336 e. The summed E-state index contributed by atoms with van der Waals surface area (Å²) in [5.41, 5.74) is 6.17. The van der Waals surface area contributed by atoms with Gasteiger partial charge in [-0.2, -0.15) is 0 Å². The van der Waals surface area contributed by atoms with E-state index in [2.05, 4.69) is 70.7 Å². The fourth-order valence-electron chi connectivity index (χ4n) is 6.07. The van der Waals surface area contributed by atoms with Gasteiger partial charge >= 0.3 is 5.97 Å². The quantitative estimate of drug-likeness (QED) is 0.332. The molecule has 2 atom stereocenters. The Bertz CT molecular complexity index is 1590. The summed E-state index contributed by atoms with van der Waals surface area (Å²) in [6, 6.07) is 18.9. The fourth-order valence-corrected chi connectivity index (χ4v) is 6.90. The van der Waals surface area contributed by atoms with Crippen LogP contribution in [-0.2, 0) is 20.9 Å². The van der Waals surface area contributed by atoms with E-state index in [0.717, 1.165) is 40.8 Å². The number of rotatable bonds is 4. The molecule has 0 saturated heterocycles. The predicted molar refractivity (Wildman–Crippen MR) is 144 cm³/mol. The van der Waals surface area contributed by atoms with Crippen molar-refractivity contribution in [3.63, 3.8) is 0 Å². The van der Waals surface area contributed by atoms with E-state index in [1.165, 1.54) is 22.9 Å². The number of nitrogens with one attached hydrogen (secondary N) is 1. The van der Waals surface area contributed by atoms with Gasteiger partial charge in [0, 0.05) is 68.5 Å². The molecule has 3 heterocycles. The van der Waals surface area contributed by atoms with Crippen LogP contribution >= 0.6 is 11.3 Å². The highest BCUT2D eigenvalue weighted by Gasteiger charge is 2.41. The number of aryl methyl sites for hydroxylation is 1. The molecule has 0 radical (unpaired) electrons. The van der Waals surface area contributed by atoms with Crippen LogP contribution in [0.3, 0.4) is 0 Å². The number of nitrogens with zero attached hydrogens (tertiary/aromatic N) is 1. The Morgan fingerprint density at radius 1 is 1.08 bits per heavy atom. The van der Waals surface area contributed by atoms with Gasteiger partial charge in [-0.25, -0.2) is 4.79 Å². The van der Waals surface area contributed by atoms with Crippen molar-refractivity contribution in [2.75, 3.05) is 7.11 Å². The molecule has 2 aromatic carbocycles. The zero-order chi connectivity index (χ0) is 25.0. The van der Waals surface area contributed by atoms with Crippen molar-refractivity contribution >= 4 is 44.9 Å². The molecule has 0 amide bonds. The first-order valence-corrected chi connectivity index (χ1v) is 13.3. The Kier molecular flexibility index (Phi) is 5.56. The van der Waals surface area contributed by atoms with Crippen LogP contribution in [0.1, 0.15) is 49.0 Å². The molecule has 2 aromatic heterocycles. The third-order valence-electron chi connectivity index (χ3n) is 7.62. The summed E-state index contributed by atoms with van der Waals surface area (Å²) in [5, 5.41) is 7.79. The van der Waals surface area contributed by atoms with Gasteiger partial charge in [-0.1, -0.05) is 30.3 Å². The maximum Gasteiger partial charge on any atom is 0.336 e. The van der Waals surface area contributed by atoms with Crippen molar-refractivity contribution in [2.45, 2.75) is 45.1 Å². The zero-order valence-corrected chi connectivity index (χ0v) is 21.4. The third kappa shape index (κ3) is 3.43. The molecule has 6 heteroatoms. The SMILES string of the molecule is CCn1c2ccccc2c2cc([C@H]3C(C(=O)OC)=C(C)NC4=C3C(=O)C[C@@H](c3cccs3)C4)ccc21. The highest BCUT2D eigenvalue weighted by Crippen LogP contribution is 2.47. The van der Waals surface area contributed by atoms with Gasteiger partial charge in [0.15, 0.2) is 5.78 Å². The number of para-hydroxylation sites is 1. The molecule has 0 bridgehead atoms. The molecule has 0 unspecified atom stereocenters. The second-order valence-electron chi connectivity index (χ2n) is 9.56. The average Bonchev–Trinajstić information content (AvgIpc) is 3.53. The molecule has 1 aliphatic carbocycles. The van der Waals surface area contributed by atoms with Crippen molar-refractivity contribution in [1.29, 1.82) is 0 Å². The standard InChI is InChI=1S/C30H28N2O3S/c1-4-32-23-9-6-5-8-20(23)21-14-18(11-12-24(21)32)28-27(30(34)35-3)17(2)31-22-15-19(16-25(33)29(22)28)26-10-7-13-36-26/h5-14,19,28,31H,4,15-16H2,1-3H3/t19-,28-/m0/s1. The molecule has 0 spiro atoms. The maximum atomic E-state index is 13.7. The lowest BCUT2D eigenvalue weighted by Gasteiger charge is -2.36. The van der Waals surface area contributed by atoms with E-state index in [1.54, 1.807) is 11.3 Å². The molecule has 2 aliphatic rings. The van der Waals surface area contributed by atoms with E-state index in [-0.39, 0.29) is 11.7 Å². The lowest BCUT2D eigenvalue weighted by atomic mass is 9.72. The van der Waals surface area contributed by atoms with Crippen molar-refractivity contribution in [3.05, 3.63) is 93.0 Å². The number of carbonyl (C=O) groups excluding carboxylic acids is 2. The van der Waals surface area contributed by atoms with Gasteiger partial charge in [0.05, 0.1) is 12.7 Å². The number of ketones is 1. The van der Waals surface area contributed by atoms with Crippen LogP contribution in [0.25, 0.3) is 21.8 Å². The van der Waals surface area contributed by atoms with Gasteiger partial charge in [0.2, 0.25) is 0 Å². The first kappa shape index (κ1) is 22.8. The average molecular weight is 497 g/mol. The molecule has 4 aromatic rings. The number of allylic oxidation sites excluding steroid dienone is 3. The topological polar surface area (TPSA) is 60.3 Å². The zero-order valence-electron chi connectivity index (χ0n) is 20.6. The van der Waals surface area contributed by atoms with Crippen LogP contribution in [0.15, 0.2) is 82.5 Å². The molecule has 36 heavy (non-hydrogen) atoms. The first-order chi connectivity index (χ1) is 17.5. The monoisotopic (exact) mass is 496 g/mol. The van der Waals surface area contributed by atoms with Crippen LogP contribution < -0.4 is 5.32 Å². The molecular weight excluding hydrogens is 468 g/mol. The van der Waals surface area contributed by atoms with Crippen LogP contribution in [-0.4, -0.2) is 23.4 Å². The van der Waals surface area contributed by atoms with E-state index in [1.807, 2.05) is 13.0 Å². The van der Waals surface area contributed by atoms with Crippen molar-refractivity contribution in [2.24, 2.45) is 0 Å². The molecule has 1 N–H and O–H groups in total. The largest absolute Gasteiger partial charge is 0.466 e. The number of Topliss-reactive ketones (excluding diaryl/α,β-unsaturated/α-hetero) is 1. The first-order valence-electron chi connectivity index (χ1n) is 12.4. The summed E-state index contributed by atoms with van der Waals surface area (Å²) in [6.07, 6.45) is 1.20. The number of benzene rings is 2. The summed E-state index contributed by atoms with van der Waals surface area (Å²) < 4.78 is 7.52.